The highest BCUT2D eigenvalue weighted by Crippen LogP contribution is 2.39. The molecule has 3 rings (SSSR count). The highest BCUT2D eigenvalue weighted by atomic mass is 16.5. The van der Waals surface area contributed by atoms with Crippen molar-refractivity contribution in [3.8, 4) is 6.07 Å². The van der Waals surface area contributed by atoms with Crippen molar-refractivity contribution in [2.75, 3.05) is 19.0 Å². The second-order valence-electron chi connectivity index (χ2n) is 6.80. The summed E-state index contributed by atoms with van der Waals surface area (Å²) in [6.07, 6.45) is 5.23. The third-order valence-electron chi connectivity index (χ3n) is 5.30. The summed E-state index contributed by atoms with van der Waals surface area (Å²) in [7, 11) is 1.40. The molecule has 1 saturated heterocycles. The van der Waals surface area contributed by atoms with Gasteiger partial charge >= 0.3 is 5.97 Å². The van der Waals surface area contributed by atoms with Gasteiger partial charge in [-0.25, -0.2) is 0 Å². The number of nitrogens with zero attached hydrogens (tertiary/aromatic N) is 2. The maximum atomic E-state index is 12.5. The Morgan fingerprint density at radius 1 is 1.36 bits per heavy atom. The summed E-state index contributed by atoms with van der Waals surface area (Å²) in [5, 5.41) is 11.8. The Morgan fingerprint density at radius 3 is 2.92 bits per heavy atom. The van der Waals surface area contributed by atoms with Crippen LogP contribution in [0.5, 0.6) is 0 Å². The van der Waals surface area contributed by atoms with Crippen molar-refractivity contribution in [2.24, 2.45) is 5.92 Å². The van der Waals surface area contributed by atoms with Gasteiger partial charge in [-0.15, -0.1) is 0 Å². The Balaban J connectivity index is 1.70. The van der Waals surface area contributed by atoms with Gasteiger partial charge in [0, 0.05) is 11.7 Å². The van der Waals surface area contributed by atoms with Crippen LogP contribution in [-0.2, 0) is 14.3 Å². The second-order valence-corrected chi connectivity index (χ2v) is 6.80. The van der Waals surface area contributed by atoms with E-state index in [9.17, 15) is 9.59 Å². The van der Waals surface area contributed by atoms with Crippen molar-refractivity contribution in [3.05, 3.63) is 29.8 Å². The number of anilines is 1. The first-order valence-corrected chi connectivity index (χ1v) is 8.76. The third kappa shape index (κ3) is 3.83. The average Bonchev–Trinajstić information content (AvgIpc) is 2.99. The minimum Gasteiger partial charge on any atom is -0.468 e. The van der Waals surface area contributed by atoms with Crippen LogP contribution >= 0.6 is 0 Å². The first-order chi connectivity index (χ1) is 12.1. The van der Waals surface area contributed by atoms with E-state index in [0.29, 0.717) is 17.2 Å². The number of rotatable bonds is 4. The first kappa shape index (κ1) is 17.4. The van der Waals surface area contributed by atoms with Crippen LogP contribution in [0, 0.1) is 17.2 Å². The number of amides is 1. The molecule has 1 saturated carbocycles. The van der Waals surface area contributed by atoms with Gasteiger partial charge in [-0.2, -0.15) is 5.26 Å². The predicted octanol–water partition coefficient (Wildman–Crippen LogP) is 2.30. The molecule has 25 heavy (non-hydrogen) atoms. The van der Waals surface area contributed by atoms with Crippen molar-refractivity contribution in [1.82, 2.24) is 4.90 Å². The molecule has 0 aromatic heterocycles. The summed E-state index contributed by atoms with van der Waals surface area (Å²) in [6.45, 7) is 0.164. The lowest BCUT2D eigenvalue weighted by Crippen LogP contribution is -2.46. The lowest BCUT2D eigenvalue weighted by molar-refractivity contribution is -0.146. The molecular weight excluding hydrogens is 318 g/mol. The number of carbonyl (C=O) groups excluding carboxylic acids is 2. The van der Waals surface area contributed by atoms with E-state index in [0.717, 1.165) is 25.7 Å². The summed E-state index contributed by atoms with van der Waals surface area (Å²) in [6, 6.07) is 8.81. The Kier molecular flexibility index (Phi) is 5.34. The van der Waals surface area contributed by atoms with Crippen LogP contribution in [0.1, 0.15) is 37.7 Å². The van der Waals surface area contributed by atoms with Gasteiger partial charge in [-0.3, -0.25) is 14.5 Å². The molecule has 1 aliphatic carbocycles. The van der Waals surface area contributed by atoms with Crippen molar-refractivity contribution < 1.29 is 14.3 Å². The quantitative estimate of drug-likeness (QED) is 0.850. The van der Waals surface area contributed by atoms with Crippen molar-refractivity contribution in [3.63, 3.8) is 0 Å². The molecule has 1 aromatic carbocycles. The lowest BCUT2D eigenvalue weighted by Gasteiger charge is -2.32. The highest BCUT2D eigenvalue weighted by Gasteiger charge is 2.46. The smallest absolute Gasteiger partial charge is 0.323 e. The van der Waals surface area contributed by atoms with Crippen LogP contribution < -0.4 is 5.32 Å². The number of benzene rings is 1. The number of carbonyl (C=O) groups is 2. The zero-order chi connectivity index (χ0) is 17.8. The Bertz CT molecular complexity index is 697. The Labute approximate surface area is 147 Å². The Hall–Kier alpha value is -2.39. The van der Waals surface area contributed by atoms with Gasteiger partial charge < -0.3 is 10.1 Å². The standard InChI is InChI=1S/C19H23N3O3/c1-25-19(24)17-10-14-6-2-3-8-16(14)22(17)12-18(23)21-15-7-4-5-13(9-15)11-20/h4-5,7,9,14,16-17H,2-3,6,8,10,12H2,1H3,(H,21,23)/t14-,16-,17+/m1/s1. The van der Waals surface area contributed by atoms with Gasteiger partial charge in [0.15, 0.2) is 0 Å². The molecule has 1 aliphatic heterocycles. The molecule has 2 fully saturated rings. The molecule has 1 amide bonds. The van der Waals surface area contributed by atoms with E-state index < -0.39 is 0 Å². The van der Waals surface area contributed by atoms with Gasteiger partial charge in [0.2, 0.25) is 5.91 Å². The summed E-state index contributed by atoms with van der Waals surface area (Å²) >= 11 is 0. The van der Waals surface area contributed by atoms with Crippen LogP contribution in [0.2, 0.25) is 0 Å². The van der Waals surface area contributed by atoms with E-state index in [2.05, 4.69) is 11.4 Å². The number of fused-ring (bicyclic) bond motifs is 1. The minimum absolute atomic E-state index is 0.164. The summed E-state index contributed by atoms with van der Waals surface area (Å²) in [5.74, 6) is 0.0384. The van der Waals surface area contributed by atoms with Crippen LogP contribution in [0.15, 0.2) is 24.3 Å². The van der Waals surface area contributed by atoms with Gasteiger partial charge in [0.05, 0.1) is 25.3 Å². The number of nitriles is 1. The van der Waals surface area contributed by atoms with E-state index >= 15 is 0 Å². The van der Waals surface area contributed by atoms with Crippen molar-refractivity contribution in [1.29, 1.82) is 5.26 Å². The normalized spacial score (nSPS) is 25.7. The van der Waals surface area contributed by atoms with Gasteiger partial charge in [0.1, 0.15) is 6.04 Å². The first-order valence-electron chi connectivity index (χ1n) is 8.76. The molecule has 2 aliphatic rings. The molecule has 1 heterocycles. The largest absolute Gasteiger partial charge is 0.468 e. The number of hydrogen-bond acceptors (Lipinski definition) is 5. The fraction of sp³-hybridized carbons (Fsp3) is 0.526. The SMILES string of the molecule is COC(=O)[C@@H]1C[C@H]2CCCC[C@H]2N1CC(=O)Nc1cccc(C#N)c1. The summed E-state index contributed by atoms with van der Waals surface area (Å²) in [4.78, 5) is 26.7. The van der Waals surface area contributed by atoms with E-state index in [1.54, 1.807) is 24.3 Å². The zero-order valence-electron chi connectivity index (χ0n) is 14.4. The third-order valence-corrected chi connectivity index (χ3v) is 5.30. The fourth-order valence-electron chi connectivity index (χ4n) is 4.18. The molecule has 6 heteroatoms. The second kappa shape index (κ2) is 7.66. The van der Waals surface area contributed by atoms with Gasteiger partial charge in [0.25, 0.3) is 0 Å². The summed E-state index contributed by atoms with van der Waals surface area (Å²) < 4.78 is 4.95. The summed E-state index contributed by atoms with van der Waals surface area (Å²) in [5.41, 5.74) is 1.09. The van der Waals surface area contributed by atoms with E-state index in [1.165, 1.54) is 13.5 Å². The molecule has 0 bridgehead atoms. The van der Waals surface area contributed by atoms with E-state index in [1.807, 2.05) is 4.90 Å². The molecule has 3 atom stereocenters. The topological polar surface area (TPSA) is 82.4 Å². The monoisotopic (exact) mass is 341 g/mol. The van der Waals surface area contributed by atoms with Crippen LogP contribution in [0.25, 0.3) is 0 Å². The lowest BCUT2D eigenvalue weighted by atomic mass is 9.85. The van der Waals surface area contributed by atoms with E-state index in [4.69, 9.17) is 10.00 Å². The number of ether oxygens (including phenoxy) is 1. The van der Waals surface area contributed by atoms with Gasteiger partial charge in [-0.1, -0.05) is 18.9 Å². The van der Waals surface area contributed by atoms with Crippen LogP contribution in [0.4, 0.5) is 5.69 Å². The molecule has 0 spiro atoms. The Morgan fingerprint density at radius 2 is 2.16 bits per heavy atom. The number of nitrogens with one attached hydrogen (secondary N) is 1. The number of methoxy groups -OCH3 is 1. The number of likely N-dealkylation sites (tertiary alicyclic amines) is 1. The molecule has 6 nitrogen and oxygen atoms in total. The van der Waals surface area contributed by atoms with E-state index in [-0.39, 0.29) is 30.5 Å². The van der Waals surface area contributed by atoms with Gasteiger partial charge in [-0.05, 0) is 43.4 Å². The van der Waals surface area contributed by atoms with Crippen molar-refractivity contribution >= 4 is 17.6 Å². The molecular formula is C19H23N3O3. The van der Waals surface area contributed by atoms with Crippen LogP contribution in [-0.4, -0.2) is 42.5 Å². The maximum absolute atomic E-state index is 12.5. The molecule has 0 unspecified atom stereocenters. The molecule has 1 aromatic rings. The average molecular weight is 341 g/mol. The maximum Gasteiger partial charge on any atom is 0.323 e. The highest BCUT2D eigenvalue weighted by molar-refractivity contribution is 5.93. The number of esters is 1. The predicted molar refractivity (Wildman–Crippen MR) is 92.7 cm³/mol. The molecule has 1 N–H and O–H groups in total. The number of hydrogen-bond donors (Lipinski definition) is 1. The minimum atomic E-state index is -0.339. The zero-order valence-corrected chi connectivity index (χ0v) is 14.4. The van der Waals surface area contributed by atoms with Crippen LogP contribution in [0.3, 0.4) is 0 Å². The van der Waals surface area contributed by atoms with Crippen molar-refractivity contribution in [2.45, 2.75) is 44.2 Å². The molecule has 0 radical (unpaired) electrons. The molecule has 132 valence electrons. The fourth-order valence-corrected chi connectivity index (χ4v) is 4.18.